The van der Waals surface area contributed by atoms with Gasteiger partial charge in [-0.05, 0) is 73.6 Å². The number of methoxy groups -OCH3 is 2. The van der Waals surface area contributed by atoms with E-state index in [9.17, 15) is 9.59 Å². The molecule has 2 heterocycles. The highest BCUT2D eigenvalue weighted by molar-refractivity contribution is 8.26. The van der Waals surface area contributed by atoms with Crippen molar-refractivity contribution in [3.05, 3.63) is 40.5 Å². The molecule has 3 unspecified atom stereocenters. The standard InChI is InChI=1S/C33H43NO6S2/c1-7-22-13-21(4)27(14-22)34-32(36)30(42-33(34)41)19-29-23(9-8-12-39-31(35)11-10-20(2)3)17-28(40-29)24-15-25(37-5)18-26(16-24)38-6/h15-22,27H,7-14H2,1-6H3/b30-19-. The van der Waals surface area contributed by atoms with Gasteiger partial charge in [0.1, 0.15) is 27.3 Å². The molecule has 9 heteroatoms. The van der Waals surface area contributed by atoms with Crippen molar-refractivity contribution in [2.45, 2.75) is 78.7 Å². The molecule has 1 aromatic heterocycles. The number of thioether (sulfide) groups is 1. The Labute approximate surface area is 259 Å². The molecule has 1 aliphatic heterocycles. The van der Waals surface area contributed by atoms with Gasteiger partial charge in [0.05, 0.1) is 25.7 Å². The van der Waals surface area contributed by atoms with E-state index in [4.69, 9.17) is 30.8 Å². The molecule has 3 atom stereocenters. The molecule has 1 aromatic carbocycles. The van der Waals surface area contributed by atoms with Crippen molar-refractivity contribution in [2.75, 3.05) is 20.8 Å². The molecule has 1 amide bonds. The second-order valence-corrected chi connectivity index (χ2v) is 13.4. The molecular formula is C33H43NO6S2. The third-order valence-electron chi connectivity index (χ3n) is 8.19. The second-order valence-electron chi connectivity index (χ2n) is 11.7. The molecule has 0 bridgehead atoms. The average Bonchev–Trinajstić information content (AvgIpc) is 3.63. The Bertz CT molecular complexity index is 1290. The van der Waals surface area contributed by atoms with E-state index in [1.165, 1.54) is 11.8 Å². The first kappa shape index (κ1) is 32.1. The molecule has 2 aliphatic rings. The number of nitrogens with zero attached hydrogens (tertiary/aromatic N) is 1. The lowest BCUT2D eigenvalue weighted by atomic mass is 10.0. The van der Waals surface area contributed by atoms with Gasteiger partial charge in [0, 0.05) is 30.2 Å². The van der Waals surface area contributed by atoms with Crippen molar-refractivity contribution in [1.29, 1.82) is 0 Å². The van der Waals surface area contributed by atoms with Gasteiger partial charge < -0.3 is 18.6 Å². The number of rotatable bonds is 13. The Morgan fingerprint density at radius 1 is 1.17 bits per heavy atom. The minimum atomic E-state index is -0.171. The van der Waals surface area contributed by atoms with Gasteiger partial charge in [-0.1, -0.05) is 58.1 Å². The maximum absolute atomic E-state index is 13.7. The monoisotopic (exact) mass is 613 g/mol. The summed E-state index contributed by atoms with van der Waals surface area (Å²) in [5, 5.41) is 0. The van der Waals surface area contributed by atoms with E-state index in [1.54, 1.807) is 20.3 Å². The molecule has 1 saturated carbocycles. The summed E-state index contributed by atoms with van der Waals surface area (Å²) in [4.78, 5) is 28.2. The highest BCUT2D eigenvalue weighted by atomic mass is 32.2. The summed E-state index contributed by atoms with van der Waals surface area (Å²) in [6.07, 6.45) is 7.54. The number of carbonyl (C=O) groups is 2. The highest BCUT2D eigenvalue weighted by Crippen LogP contribution is 2.43. The molecule has 1 aliphatic carbocycles. The number of hydrogen-bond acceptors (Lipinski definition) is 8. The van der Waals surface area contributed by atoms with Crippen molar-refractivity contribution in [3.63, 3.8) is 0 Å². The first-order valence-corrected chi connectivity index (χ1v) is 16.1. The van der Waals surface area contributed by atoms with Crippen LogP contribution in [0.2, 0.25) is 0 Å². The van der Waals surface area contributed by atoms with Gasteiger partial charge in [0.25, 0.3) is 5.91 Å². The fourth-order valence-electron chi connectivity index (χ4n) is 5.71. The Morgan fingerprint density at radius 3 is 2.50 bits per heavy atom. The van der Waals surface area contributed by atoms with Crippen molar-refractivity contribution >= 4 is 46.3 Å². The molecular weight excluding hydrogens is 570 g/mol. The Hall–Kier alpha value is -2.78. The Balaban J connectivity index is 1.58. The van der Waals surface area contributed by atoms with Crippen LogP contribution in [0.15, 0.2) is 33.6 Å². The van der Waals surface area contributed by atoms with E-state index in [1.807, 2.05) is 29.2 Å². The Morgan fingerprint density at radius 2 is 1.88 bits per heavy atom. The number of furan rings is 1. The van der Waals surface area contributed by atoms with Crippen LogP contribution in [0.1, 0.15) is 77.5 Å². The van der Waals surface area contributed by atoms with Gasteiger partial charge in [0.2, 0.25) is 0 Å². The van der Waals surface area contributed by atoms with Crippen molar-refractivity contribution in [2.24, 2.45) is 17.8 Å². The zero-order valence-electron chi connectivity index (χ0n) is 25.6. The largest absolute Gasteiger partial charge is 0.497 e. The van der Waals surface area contributed by atoms with Crippen LogP contribution in [-0.4, -0.2) is 48.0 Å². The summed E-state index contributed by atoms with van der Waals surface area (Å²) in [6, 6.07) is 7.69. The van der Waals surface area contributed by atoms with Gasteiger partial charge in [0.15, 0.2) is 0 Å². The van der Waals surface area contributed by atoms with E-state index in [2.05, 4.69) is 27.7 Å². The van der Waals surface area contributed by atoms with Crippen LogP contribution in [-0.2, 0) is 20.7 Å². The summed E-state index contributed by atoms with van der Waals surface area (Å²) in [6.45, 7) is 8.94. The number of ether oxygens (including phenoxy) is 3. The lowest BCUT2D eigenvalue weighted by Gasteiger charge is -2.26. The lowest BCUT2D eigenvalue weighted by Crippen LogP contribution is -2.40. The minimum absolute atomic E-state index is 0.0513. The maximum Gasteiger partial charge on any atom is 0.305 e. The van der Waals surface area contributed by atoms with Crippen LogP contribution in [0.4, 0.5) is 0 Å². The predicted molar refractivity (Wildman–Crippen MR) is 172 cm³/mol. The van der Waals surface area contributed by atoms with Crippen molar-refractivity contribution in [3.8, 4) is 22.8 Å². The number of hydrogen-bond donors (Lipinski definition) is 0. The number of benzene rings is 1. The van der Waals surface area contributed by atoms with E-state index >= 15 is 0 Å². The first-order chi connectivity index (χ1) is 20.1. The molecule has 0 spiro atoms. The van der Waals surface area contributed by atoms with E-state index < -0.39 is 0 Å². The highest BCUT2D eigenvalue weighted by Gasteiger charge is 2.43. The summed E-state index contributed by atoms with van der Waals surface area (Å²) < 4.78 is 23.4. The third kappa shape index (κ3) is 7.78. The van der Waals surface area contributed by atoms with Crippen LogP contribution in [0.3, 0.4) is 0 Å². The molecule has 7 nitrogen and oxygen atoms in total. The van der Waals surface area contributed by atoms with Crippen LogP contribution in [0.25, 0.3) is 17.4 Å². The first-order valence-electron chi connectivity index (χ1n) is 14.9. The minimum Gasteiger partial charge on any atom is -0.497 e. The zero-order chi connectivity index (χ0) is 30.4. The van der Waals surface area contributed by atoms with Gasteiger partial charge >= 0.3 is 5.97 Å². The fourth-order valence-corrected chi connectivity index (χ4v) is 7.05. The van der Waals surface area contributed by atoms with Gasteiger partial charge in [-0.25, -0.2) is 0 Å². The Kier molecular flexibility index (Phi) is 11.2. The van der Waals surface area contributed by atoms with Crippen molar-refractivity contribution < 1.29 is 28.2 Å². The third-order valence-corrected chi connectivity index (χ3v) is 9.52. The quantitative estimate of drug-likeness (QED) is 0.0977. The summed E-state index contributed by atoms with van der Waals surface area (Å²) >= 11 is 7.05. The van der Waals surface area contributed by atoms with E-state index in [0.29, 0.717) is 75.9 Å². The smallest absolute Gasteiger partial charge is 0.305 e. The molecule has 228 valence electrons. The number of carbonyl (C=O) groups excluding carboxylic acids is 2. The fraction of sp³-hybridized carbons (Fsp3) is 0.545. The van der Waals surface area contributed by atoms with Crippen LogP contribution in [0.5, 0.6) is 11.5 Å². The van der Waals surface area contributed by atoms with E-state index in [-0.39, 0.29) is 17.9 Å². The molecule has 0 radical (unpaired) electrons. The maximum atomic E-state index is 13.7. The lowest BCUT2D eigenvalue weighted by molar-refractivity contribution is -0.144. The van der Waals surface area contributed by atoms with Gasteiger partial charge in [-0.3, -0.25) is 14.5 Å². The van der Waals surface area contributed by atoms with E-state index in [0.717, 1.165) is 36.8 Å². The number of thiocarbonyl (C=S) groups is 1. The normalized spacial score (nSPS) is 21.5. The van der Waals surface area contributed by atoms with Crippen LogP contribution in [0, 0.1) is 17.8 Å². The molecule has 2 fully saturated rings. The van der Waals surface area contributed by atoms with Crippen LogP contribution < -0.4 is 9.47 Å². The molecule has 4 rings (SSSR count). The molecule has 42 heavy (non-hydrogen) atoms. The van der Waals surface area contributed by atoms with Crippen molar-refractivity contribution in [1.82, 2.24) is 4.90 Å². The number of aryl methyl sites for hydroxylation is 1. The topological polar surface area (TPSA) is 78.2 Å². The predicted octanol–water partition coefficient (Wildman–Crippen LogP) is 7.90. The second kappa shape index (κ2) is 14.6. The van der Waals surface area contributed by atoms with Crippen LogP contribution >= 0.6 is 24.0 Å². The zero-order valence-corrected chi connectivity index (χ0v) is 27.2. The van der Waals surface area contributed by atoms with Gasteiger partial charge in [-0.15, -0.1) is 0 Å². The molecule has 2 aromatic rings. The SMILES string of the molecule is CCC1CC(C)C(N2C(=O)/C(=C/c3oc(-c4cc(OC)cc(OC)c4)cc3CCCOC(=O)CCC(C)C)SC2=S)C1. The number of amides is 1. The number of esters is 1. The molecule has 0 N–H and O–H groups in total. The van der Waals surface area contributed by atoms with Gasteiger partial charge in [-0.2, -0.15) is 0 Å². The summed E-state index contributed by atoms with van der Waals surface area (Å²) in [7, 11) is 3.21. The average molecular weight is 614 g/mol. The molecule has 1 saturated heterocycles. The summed E-state index contributed by atoms with van der Waals surface area (Å²) in [5.74, 6) is 3.80. The summed E-state index contributed by atoms with van der Waals surface area (Å²) in [5.41, 5.74) is 1.72.